The van der Waals surface area contributed by atoms with Gasteiger partial charge in [-0.25, -0.2) is 0 Å². The van der Waals surface area contributed by atoms with Crippen LogP contribution in [0.2, 0.25) is 0 Å². The number of nitrogens with one attached hydrogen (secondary N) is 1. The largest absolute Gasteiger partial charge is 0.466 e. The number of likely N-dealkylation sites (tertiary alicyclic amines) is 1. The lowest BCUT2D eigenvalue weighted by molar-refractivity contribution is -0.128. The van der Waals surface area contributed by atoms with Gasteiger partial charge in [0.25, 0.3) is 5.91 Å². The second-order valence-corrected chi connectivity index (χ2v) is 4.40. The Kier molecular flexibility index (Phi) is 2.92. The van der Waals surface area contributed by atoms with E-state index in [0.29, 0.717) is 30.0 Å². The maximum absolute atomic E-state index is 11.9. The molecule has 0 saturated carbocycles. The number of aryl methyl sites for hydroxylation is 2. The molecule has 1 atom stereocenters. The van der Waals surface area contributed by atoms with Gasteiger partial charge in [0.05, 0.1) is 5.56 Å². The molecular formula is C12H16N2O3. The van der Waals surface area contributed by atoms with E-state index in [1.165, 1.54) is 0 Å². The van der Waals surface area contributed by atoms with Gasteiger partial charge in [-0.15, -0.1) is 0 Å². The molecule has 1 aromatic heterocycles. The molecule has 5 nitrogen and oxygen atoms in total. The number of carbonyl (C=O) groups excluding carboxylic acids is 2. The fourth-order valence-corrected chi connectivity index (χ4v) is 2.05. The second kappa shape index (κ2) is 4.24. The Hall–Kier alpha value is -1.78. The van der Waals surface area contributed by atoms with Crippen molar-refractivity contribution in [3.63, 3.8) is 0 Å². The number of likely N-dealkylation sites (N-methyl/N-ethyl adjacent to an activating group) is 1. The minimum Gasteiger partial charge on any atom is -0.466 e. The van der Waals surface area contributed by atoms with Gasteiger partial charge in [-0.2, -0.15) is 0 Å². The van der Waals surface area contributed by atoms with Crippen LogP contribution in [0.3, 0.4) is 0 Å². The van der Waals surface area contributed by atoms with Crippen molar-refractivity contribution >= 4 is 11.8 Å². The first kappa shape index (κ1) is 11.7. The number of nitrogens with zero attached hydrogens (tertiary/aromatic N) is 1. The van der Waals surface area contributed by atoms with Crippen molar-refractivity contribution in [3.8, 4) is 0 Å². The van der Waals surface area contributed by atoms with E-state index < -0.39 is 6.04 Å². The molecule has 92 valence electrons. The Labute approximate surface area is 99.8 Å². The van der Waals surface area contributed by atoms with Crippen LogP contribution in [0, 0.1) is 13.8 Å². The molecular weight excluding hydrogens is 220 g/mol. The zero-order valence-electron chi connectivity index (χ0n) is 10.2. The van der Waals surface area contributed by atoms with Gasteiger partial charge < -0.3 is 14.6 Å². The van der Waals surface area contributed by atoms with E-state index in [1.54, 1.807) is 31.9 Å². The predicted molar refractivity (Wildman–Crippen MR) is 61.7 cm³/mol. The molecule has 1 unspecified atom stereocenters. The van der Waals surface area contributed by atoms with E-state index in [4.69, 9.17) is 4.42 Å². The number of hydrogen-bond acceptors (Lipinski definition) is 3. The first-order valence-electron chi connectivity index (χ1n) is 5.62. The van der Waals surface area contributed by atoms with Crippen LogP contribution in [-0.2, 0) is 4.79 Å². The lowest BCUT2D eigenvalue weighted by Gasteiger charge is -2.11. The summed E-state index contributed by atoms with van der Waals surface area (Å²) in [5.74, 6) is 1.01. The zero-order valence-corrected chi connectivity index (χ0v) is 10.2. The molecule has 2 rings (SSSR count). The van der Waals surface area contributed by atoms with Gasteiger partial charge in [0, 0.05) is 13.6 Å². The third-order valence-corrected chi connectivity index (χ3v) is 3.02. The normalized spacial score (nSPS) is 19.8. The highest BCUT2D eigenvalue weighted by atomic mass is 16.3. The minimum absolute atomic E-state index is 0.0313. The Bertz CT molecular complexity index is 464. The molecule has 2 amide bonds. The zero-order chi connectivity index (χ0) is 12.6. The van der Waals surface area contributed by atoms with Crippen molar-refractivity contribution in [3.05, 3.63) is 23.2 Å². The molecule has 1 N–H and O–H groups in total. The number of carbonyl (C=O) groups is 2. The minimum atomic E-state index is -0.401. The molecule has 1 fully saturated rings. The molecule has 0 aliphatic carbocycles. The summed E-state index contributed by atoms with van der Waals surface area (Å²) < 4.78 is 5.29. The van der Waals surface area contributed by atoms with Crippen molar-refractivity contribution in [2.24, 2.45) is 0 Å². The van der Waals surface area contributed by atoms with Gasteiger partial charge >= 0.3 is 0 Å². The first-order valence-corrected chi connectivity index (χ1v) is 5.62. The van der Waals surface area contributed by atoms with Gasteiger partial charge in [-0.05, 0) is 26.3 Å². The van der Waals surface area contributed by atoms with E-state index in [0.717, 1.165) is 0 Å². The molecule has 0 spiro atoms. The molecule has 1 aliphatic heterocycles. The third kappa shape index (κ3) is 2.18. The summed E-state index contributed by atoms with van der Waals surface area (Å²) in [4.78, 5) is 25.2. The molecule has 0 bridgehead atoms. The van der Waals surface area contributed by atoms with Crippen LogP contribution in [0.15, 0.2) is 10.5 Å². The van der Waals surface area contributed by atoms with Crippen LogP contribution in [-0.4, -0.2) is 36.3 Å². The van der Waals surface area contributed by atoms with Crippen LogP contribution >= 0.6 is 0 Å². The summed E-state index contributed by atoms with van der Waals surface area (Å²) in [5.41, 5.74) is 0.504. The Morgan fingerprint density at radius 1 is 1.53 bits per heavy atom. The van der Waals surface area contributed by atoms with E-state index >= 15 is 0 Å². The lowest BCUT2D eigenvalue weighted by Crippen LogP contribution is -2.40. The van der Waals surface area contributed by atoms with Crippen LogP contribution < -0.4 is 5.32 Å². The summed E-state index contributed by atoms with van der Waals surface area (Å²) in [6.45, 7) is 4.22. The van der Waals surface area contributed by atoms with Gasteiger partial charge in [-0.3, -0.25) is 9.59 Å². The van der Waals surface area contributed by atoms with Crippen molar-refractivity contribution in [1.29, 1.82) is 0 Å². The van der Waals surface area contributed by atoms with E-state index in [1.807, 2.05) is 0 Å². The van der Waals surface area contributed by atoms with Crippen molar-refractivity contribution in [2.45, 2.75) is 26.3 Å². The quantitative estimate of drug-likeness (QED) is 0.828. The summed E-state index contributed by atoms with van der Waals surface area (Å²) in [5, 5.41) is 2.74. The van der Waals surface area contributed by atoms with Gasteiger partial charge in [0.15, 0.2) is 0 Å². The maximum atomic E-state index is 11.9. The van der Waals surface area contributed by atoms with Crippen LogP contribution in [0.1, 0.15) is 28.3 Å². The van der Waals surface area contributed by atoms with Crippen LogP contribution in [0.25, 0.3) is 0 Å². The maximum Gasteiger partial charge on any atom is 0.255 e. The van der Waals surface area contributed by atoms with Gasteiger partial charge in [0.1, 0.15) is 17.6 Å². The highest BCUT2D eigenvalue weighted by molar-refractivity contribution is 5.98. The molecule has 1 aliphatic rings. The smallest absolute Gasteiger partial charge is 0.255 e. The monoisotopic (exact) mass is 236 g/mol. The molecule has 0 radical (unpaired) electrons. The number of rotatable bonds is 2. The summed E-state index contributed by atoms with van der Waals surface area (Å²) >= 11 is 0. The fourth-order valence-electron chi connectivity index (χ4n) is 2.05. The topological polar surface area (TPSA) is 62.6 Å². The van der Waals surface area contributed by atoms with Crippen LogP contribution in [0.5, 0.6) is 0 Å². The lowest BCUT2D eigenvalue weighted by atomic mass is 10.2. The Morgan fingerprint density at radius 2 is 2.24 bits per heavy atom. The van der Waals surface area contributed by atoms with E-state index in [9.17, 15) is 9.59 Å². The van der Waals surface area contributed by atoms with Crippen molar-refractivity contribution < 1.29 is 14.0 Å². The molecule has 17 heavy (non-hydrogen) atoms. The van der Waals surface area contributed by atoms with Crippen molar-refractivity contribution in [2.75, 3.05) is 13.6 Å². The summed E-state index contributed by atoms with van der Waals surface area (Å²) in [7, 11) is 1.74. The van der Waals surface area contributed by atoms with Crippen LogP contribution in [0.4, 0.5) is 0 Å². The number of furan rings is 1. The SMILES string of the molecule is Cc1cc(C(=O)NC2CCN(C)C2=O)c(C)o1. The molecule has 0 aromatic carbocycles. The molecule has 1 saturated heterocycles. The number of hydrogen-bond donors (Lipinski definition) is 1. The van der Waals surface area contributed by atoms with Crippen molar-refractivity contribution in [1.82, 2.24) is 10.2 Å². The average molecular weight is 236 g/mol. The van der Waals surface area contributed by atoms with E-state index in [2.05, 4.69) is 5.32 Å². The summed E-state index contributed by atoms with van der Waals surface area (Å²) in [6, 6.07) is 1.29. The molecule has 1 aromatic rings. The second-order valence-electron chi connectivity index (χ2n) is 4.40. The number of amides is 2. The fraction of sp³-hybridized carbons (Fsp3) is 0.500. The Balaban J connectivity index is 2.07. The highest BCUT2D eigenvalue weighted by Gasteiger charge is 2.31. The van der Waals surface area contributed by atoms with Gasteiger partial charge in [0.2, 0.25) is 5.91 Å². The highest BCUT2D eigenvalue weighted by Crippen LogP contribution is 2.15. The van der Waals surface area contributed by atoms with Gasteiger partial charge in [-0.1, -0.05) is 0 Å². The molecule has 5 heteroatoms. The standard InChI is InChI=1S/C12H16N2O3/c1-7-6-9(8(2)17-7)11(15)13-10-4-5-14(3)12(10)16/h6,10H,4-5H2,1-3H3,(H,13,15). The molecule has 2 heterocycles. The Morgan fingerprint density at radius 3 is 2.71 bits per heavy atom. The summed E-state index contributed by atoms with van der Waals surface area (Å²) in [6.07, 6.45) is 0.664. The van der Waals surface area contributed by atoms with E-state index in [-0.39, 0.29) is 11.8 Å². The average Bonchev–Trinajstić information content (AvgIpc) is 2.75. The third-order valence-electron chi connectivity index (χ3n) is 3.02. The first-order chi connectivity index (χ1) is 7.99. The predicted octanol–water partition coefficient (Wildman–Crippen LogP) is 0.857.